The second kappa shape index (κ2) is 9.48. The van der Waals surface area contributed by atoms with Gasteiger partial charge in [-0.25, -0.2) is 0 Å². The first-order valence-electron chi connectivity index (χ1n) is 4.80. The minimum absolute atomic E-state index is 0.106. The summed E-state index contributed by atoms with van der Waals surface area (Å²) in [5, 5.41) is 5.78. The summed E-state index contributed by atoms with van der Waals surface area (Å²) in [4.78, 5) is 11.1. The second-order valence-electron chi connectivity index (χ2n) is 2.75. The van der Waals surface area contributed by atoms with Crippen LogP contribution in [0.2, 0.25) is 0 Å². The molecule has 4 nitrogen and oxygen atoms in total. The third-order valence-corrected chi connectivity index (χ3v) is 1.60. The molecule has 4 heteroatoms. The predicted octanol–water partition coefficient (Wildman–Crippen LogP) is 0.139. The van der Waals surface area contributed by atoms with Gasteiger partial charge in [-0.3, -0.25) is 4.79 Å². The number of amides is 1. The Morgan fingerprint density at radius 1 is 1.38 bits per heavy atom. The van der Waals surface area contributed by atoms with Crippen LogP contribution in [0.25, 0.3) is 0 Å². The van der Waals surface area contributed by atoms with Crippen molar-refractivity contribution in [2.75, 3.05) is 33.4 Å². The summed E-state index contributed by atoms with van der Waals surface area (Å²) in [5.74, 6) is 0.106. The normalized spacial score (nSPS) is 10.0. The molecule has 0 aromatic carbocycles. The largest absolute Gasteiger partial charge is 0.380 e. The highest BCUT2D eigenvalue weighted by atomic mass is 16.5. The molecule has 2 N–H and O–H groups in total. The number of rotatable bonds is 8. The molecule has 0 aromatic rings. The van der Waals surface area contributed by atoms with Gasteiger partial charge in [-0.2, -0.15) is 0 Å². The van der Waals surface area contributed by atoms with Gasteiger partial charge in [-0.1, -0.05) is 0 Å². The molecule has 0 atom stereocenters. The first kappa shape index (κ1) is 12.4. The molecule has 0 unspecified atom stereocenters. The van der Waals surface area contributed by atoms with E-state index in [4.69, 9.17) is 4.74 Å². The van der Waals surface area contributed by atoms with E-state index in [2.05, 4.69) is 10.6 Å². The standard InChI is InChI=1S/C9H20N2O2/c1-3-13-8-7-11-9(12)5-4-6-10-2/h10H,3-8H2,1-2H3,(H,11,12). The Hall–Kier alpha value is -0.610. The Labute approximate surface area is 80.0 Å². The van der Waals surface area contributed by atoms with Crippen molar-refractivity contribution in [1.82, 2.24) is 10.6 Å². The molecule has 0 aliphatic heterocycles. The lowest BCUT2D eigenvalue weighted by Crippen LogP contribution is -2.27. The fourth-order valence-corrected chi connectivity index (χ4v) is 0.921. The molecule has 1 amide bonds. The molecular formula is C9H20N2O2. The molecule has 0 saturated heterocycles. The van der Waals surface area contributed by atoms with E-state index in [9.17, 15) is 4.79 Å². The molecule has 0 heterocycles. The van der Waals surface area contributed by atoms with E-state index in [1.807, 2.05) is 14.0 Å². The summed E-state index contributed by atoms with van der Waals surface area (Å²) in [6.45, 7) is 4.75. The van der Waals surface area contributed by atoms with Crippen molar-refractivity contribution in [3.05, 3.63) is 0 Å². The van der Waals surface area contributed by atoms with Gasteiger partial charge >= 0.3 is 0 Å². The van der Waals surface area contributed by atoms with Crippen molar-refractivity contribution in [3.63, 3.8) is 0 Å². The molecule has 78 valence electrons. The molecule has 0 aliphatic carbocycles. The lowest BCUT2D eigenvalue weighted by Gasteiger charge is -2.04. The van der Waals surface area contributed by atoms with Crippen LogP contribution in [-0.4, -0.2) is 39.3 Å². The quantitative estimate of drug-likeness (QED) is 0.533. The first-order chi connectivity index (χ1) is 6.31. The van der Waals surface area contributed by atoms with E-state index in [-0.39, 0.29) is 5.91 Å². The number of carbonyl (C=O) groups is 1. The maximum Gasteiger partial charge on any atom is 0.220 e. The maximum absolute atomic E-state index is 11.1. The van der Waals surface area contributed by atoms with Crippen molar-refractivity contribution in [3.8, 4) is 0 Å². The van der Waals surface area contributed by atoms with E-state index in [1.54, 1.807) is 0 Å². The van der Waals surface area contributed by atoms with Gasteiger partial charge in [0.1, 0.15) is 0 Å². The van der Waals surface area contributed by atoms with Crippen LogP contribution in [0, 0.1) is 0 Å². The monoisotopic (exact) mass is 188 g/mol. The zero-order chi connectivity index (χ0) is 9.94. The van der Waals surface area contributed by atoms with E-state index in [0.29, 0.717) is 26.2 Å². The van der Waals surface area contributed by atoms with Crippen LogP contribution < -0.4 is 10.6 Å². The van der Waals surface area contributed by atoms with Crippen LogP contribution in [0.5, 0.6) is 0 Å². The smallest absolute Gasteiger partial charge is 0.220 e. The molecule has 0 saturated carbocycles. The average Bonchev–Trinajstić information content (AvgIpc) is 2.13. The predicted molar refractivity (Wildman–Crippen MR) is 52.7 cm³/mol. The van der Waals surface area contributed by atoms with E-state index in [1.165, 1.54) is 0 Å². The molecule has 13 heavy (non-hydrogen) atoms. The molecule has 0 aliphatic rings. The Balaban J connectivity index is 3.11. The van der Waals surface area contributed by atoms with Crippen LogP contribution in [0.1, 0.15) is 19.8 Å². The van der Waals surface area contributed by atoms with Gasteiger partial charge in [0.2, 0.25) is 5.91 Å². The minimum atomic E-state index is 0.106. The third kappa shape index (κ3) is 9.30. The van der Waals surface area contributed by atoms with Crippen LogP contribution in [-0.2, 0) is 9.53 Å². The van der Waals surface area contributed by atoms with Crippen molar-refractivity contribution in [1.29, 1.82) is 0 Å². The van der Waals surface area contributed by atoms with Gasteiger partial charge in [0.15, 0.2) is 0 Å². The van der Waals surface area contributed by atoms with Gasteiger partial charge in [0.25, 0.3) is 0 Å². The molecule has 0 radical (unpaired) electrons. The number of hydrogen-bond acceptors (Lipinski definition) is 3. The molecule has 0 spiro atoms. The van der Waals surface area contributed by atoms with Gasteiger partial charge in [-0.05, 0) is 26.9 Å². The van der Waals surface area contributed by atoms with Gasteiger partial charge in [-0.15, -0.1) is 0 Å². The summed E-state index contributed by atoms with van der Waals surface area (Å²) >= 11 is 0. The van der Waals surface area contributed by atoms with Crippen molar-refractivity contribution < 1.29 is 9.53 Å². The molecule has 0 rings (SSSR count). The summed E-state index contributed by atoms with van der Waals surface area (Å²) in [6.07, 6.45) is 1.48. The van der Waals surface area contributed by atoms with E-state index >= 15 is 0 Å². The SMILES string of the molecule is CCOCCNC(=O)CCCNC. The lowest BCUT2D eigenvalue weighted by molar-refractivity contribution is -0.121. The van der Waals surface area contributed by atoms with Crippen LogP contribution in [0.4, 0.5) is 0 Å². The maximum atomic E-state index is 11.1. The highest BCUT2D eigenvalue weighted by Crippen LogP contribution is 1.85. The zero-order valence-corrected chi connectivity index (χ0v) is 8.56. The van der Waals surface area contributed by atoms with Gasteiger partial charge in [0.05, 0.1) is 6.61 Å². The highest BCUT2D eigenvalue weighted by Gasteiger charge is 1.98. The van der Waals surface area contributed by atoms with E-state index < -0.39 is 0 Å². The summed E-state index contributed by atoms with van der Waals surface area (Å²) < 4.78 is 5.08. The molecular weight excluding hydrogens is 168 g/mol. The average molecular weight is 188 g/mol. The zero-order valence-electron chi connectivity index (χ0n) is 8.56. The number of nitrogens with one attached hydrogen (secondary N) is 2. The van der Waals surface area contributed by atoms with Crippen molar-refractivity contribution >= 4 is 5.91 Å². The Kier molecular flexibility index (Phi) is 9.03. The third-order valence-electron chi connectivity index (χ3n) is 1.60. The first-order valence-corrected chi connectivity index (χ1v) is 4.80. The summed E-state index contributed by atoms with van der Waals surface area (Å²) in [6, 6.07) is 0. The molecule has 0 fully saturated rings. The fourth-order valence-electron chi connectivity index (χ4n) is 0.921. The van der Waals surface area contributed by atoms with Crippen molar-refractivity contribution in [2.24, 2.45) is 0 Å². The fraction of sp³-hybridized carbons (Fsp3) is 0.889. The Morgan fingerprint density at radius 3 is 2.77 bits per heavy atom. The molecule has 0 aromatic heterocycles. The summed E-state index contributed by atoms with van der Waals surface area (Å²) in [5.41, 5.74) is 0. The van der Waals surface area contributed by atoms with Crippen LogP contribution in [0.3, 0.4) is 0 Å². The number of carbonyl (C=O) groups excluding carboxylic acids is 1. The Bertz CT molecular complexity index is 129. The number of hydrogen-bond donors (Lipinski definition) is 2. The van der Waals surface area contributed by atoms with E-state index in [0.717, 1.165) is 13.0 Å². The van der Waals surface area contributed by atoms with Gasteiger partial charge < -0.3 is 15.4 Å². The van der Waals surface area contributed by atoms with Crippen LogP contribution in [0.15, 0.2) is 0 Å². The van der Waals surface area contributed by atoms with Crippen molar-refractivity contribution in [2.45, 2.75) is 19.8 Å². The minimum Gasteiger partial charge on any atom is -0.380 e. The van der Waals surface area contributed by atoms with Gasteiger partial charge in [0, 0.05) is 19.6 Å². The summed E-state index contributed by atoms with van der Waals surface area (Å²) in [7, 11) is 1.88. The molecule has 0 bridgehead atoms. The number of ether oxygens (including phenoxy) is 1. The highest BCUT2D eigenvalue weighted by molar-refractivity contribution is 5.75. The topological polar surface area (TPSA) is 50.4 Å². The Morgan fingerprint density at radius 2 is 2.15 bits per heavy atom. The van der Waals surface area contributed by atoms with Crippen LogP contribution >= 0.6 is 0 Å². The lowest BCUT2D eigenvalue weighted by atomic mass is 10.3. The second-order valence-corrected chi connectivity index (χ2v) is 2.75.